The number of carbonyl (C=O) groups excluding carboxylic acids is 1. The second-order valence-electron chi connectivity index (χ2n) is 7.07. The number of nitrogens with one attached hydrogen (secondary N) is 1. The Labute approximate surface area is 180 Å². The Hall–Kier alpha value is -2.46. The summed E-state index contributed by atoms with van der Waals surface area (Å²) in [4.78, 5) is 24.6. The van der Waals surface area contributed by atoms with E-state index in [4.69, 9.17) is 16.3 Å². The molecule has 29 heavy (non-hydrogen) atoms. The van der Waals surface area contributed by atoms with Gasteiger partial charge in [-0.3, -0.25) is 9.88 Å². The molecular weight excluding hydrogens is 462 g/mol. The molecule has 0 aromatic carbocycles. The van der Waals surface area contributed by atoms with Crippen LogP contribution < -0.4 is 15.0 Å². The number of urea groups is 1. The summed E-state index contributed by atoms with van der Waals surface area (Å²) in [6.07, 6.45) is 8.29. The molecule has 0 spiro atoms. The van der Waals surface area contributed by atoms with Crippen LogP contribution in [0.5, 0.6) is 5.75 Å². The number of ether oxygens (including phenoxy) is 1. The maximum atomic E-state index is 13.1. The molecule has 0 aliphatic carbocycles. The van der Waals surface area contributed by atoms with Gasteiger partial charge in [0.2, 0.25) is 0 Å². The van der Waals surface area contributed by atoms with Gasteiger partial charge in [-0.1, -0.05) is 25.4 Å². The summed E-state index contributed by atoms with van der Waals surface area (Å²) >= 11 is 9.83. The van der Waals surface area contributed by atoms with Crippen LogP contribution in [0.15, 0.2) is 39.3 Å². The predicted molar refractivity (Wildman–Crippen MR) is 113 cm³/mol. The minimum absolute atomic E-state index is 0.132. The lowest BCUT2D eigenvalue weighted by molar-refractivity contribution is 0.144. The van der Waals surface area contributed by atoms with Crippen molar-refractivity contribution in [2.75, 3.05) is 11.4 Å². The molecule has 1 N–H and O–H groups in total. The number of pyridine rings is 1. The van der Waals surface area contributed by atoms with Gasteiger partial charge < -0.3 is 10.1 Å². The zero-order valence-corrected chi connectivity index (χ0v) is 18.1. The van der Waals surface area contributed by atoms with Gasteiger partial charge in [0, 0.05) is 18.8 Å². The summed E-state index contributed by atoms with van der Waals surface area (Å²) < 4.78 is 6.79. The fraction of sp³-hybridized carbons (Fsp3) is 0.389. The van der Waals surface area contributed by atoms with Gasteiger partial charge >= 0.3 is 6.03 Å². The largest absolute Gasteiger partial charge is 0.485 e. The monoisotopic (exact) mass is 479 g/mol. The number of amides is 2. The normalized spacial score (nSPS) is 21.2. The molecule has 11 heteroatoms. The van der Waals surface area contributed by atoms with E-state index in [2.05, 4.69) is 55.3 Å². The van der Waals surface area contributed by atoms with E-state index in [1.165, 1.54) is 4.80 Å². The van der Waals surface area contributed by atoms with E-state index in [9.17, 15) is 4.79 Å². The molecule has 2 aromatic rings. The van der Waals surface area contributed by atoms with Crippen molar-refractivity contribution in [2.24, 2.45) is 10.9 Å². The Morgan fingerprint density at radius 1 is 1.34 bits per heavy atom. The van der Waals surface area contributed by atoms with Crippen molar-refractivity contribution in [1.29, 1.82) is 0 Å². The summed E-state index contributed by atoms with van der Waals surface area (Å²) in [5, 5.41) is 11.5. The van der Waals surface area contributed by atoms with Crippen LogP contribution in [-0.2, 0) is 0 Å². The summed E-state index contributed by atoms with van der Waals surface area (Å²) in [5.74, 6) is 1.30. The highest BCUT2D eigenvalue weighted by molar-refractivity contribution is 9.10. The van der Waals surface area contributed by atoms with Crippen LogP contribution in [0, 0.1) is 5.92 Å². The molecule has 0 saturated heterocycles. The van der Waals surface area contributed by atoms with Gasteiger partial charge in [0.25, 0.3) is 0 Å². The molecule has 2 aliphatic rings. The molecule has 0 saturated carbocycles. The van der Waals surface area contributed by atoms with Crippen molar-refractivity contribution >= 4 is 51.3 Å². The minimum Gasteiger partial charge on any atom is -0.485 e. The van der Waals surface area contributed by atoms with Crippen LogP contribution >= 0.6 is 27.5 Å². The number of fused-ring (bicyclic) bond motifs is 1. The van der Waals surface area contributed by atoms with Crippen LogP contribution in [0.4, 0.5) is 10.5 Å². The first kappa shape index (κ1) is 19.8. The quantitative estimate of drug-likeness (QED) is 0.727. The van der Waals surface area contributed by atoms with E-state index in [-0.39, 0.29) is 24.1 Å². The van der Waals surface area contributed by atoms with Crippen molar-refractivity contribution in [2.45, 2.75) is 32.4 Å². The van der Waals surface area contributed by atoms with Crippen LogP contribution in [0.25, 0.3) is 5.82 Å². The van der Waals surface area contributed by atoms with Crippen molar-refractivity contribution < 1.29 is 9.53 Å². The minimum atomic E-state index is -0.349. The Morgan fingerprint density at radius 3 is 2.79 bits per heavy atom. The number of rotatable bonds is 3. The Morgan fingerprint density at radius 2 is 2.10 bits per heavy atom. The van der Waals surface area contributed by atoms with Crippen LogP contribution in [-0.4, -0.2) is 50.9 Å². The van der Waals surface area contributed by atoms with E-state index in [1.54, 1.807) is 35.9 Å². The lowest BCUT2D eigenvalue weighted by Gasteiger charge is -2.37. The highest BCUT2D eigenvalue weighted by Gasteiger charge is 2.34. The van der Waals surface area contributed by atoms with Gasteiger partial charge in [-0.25, -0.2) is 9.79 Å². The van der Waals surface area contributed by atoms with Crippen molar-refractivity contribution in [3.05, 3.63) is 34.3 Å². The molecule has 4 rings (SSSR count). The fourth-order valence-electron chi connectivity index (χ4n) is 3.11. The van der Waals surface area contributed by atoms with E-state index < -0.39 is 0 Å². The number of hydrogen-bond acceptors (Lipinski definition) is 6. The summed E-state index contributed by atoms with van der Waals surface area (Å²) in [5.41, 5.74) is 0.615. The number of anilines is 1. The standard InChI is InChI=1S/C18H19BrClN7O2/c1-10(2)15-9-26(14-8-21-7-12(19)16(14)29-15)18(28)25-11-5-13(20)17(22-6-11)27-23-3-4-24-27/h3-4,6-8,10-11,15H,5,9H2,1-2H3,(H,25,28)/t11?,15-/m1/s1. The Kier molecular flexibility index (Phi) is 5.55. The van der Waals surface area contributed by atoms with Crippen molar-refractivity contribution in [3.8, 4) is 5.75 Å². The third-order valence-electron chi connectivity index (χ3n) is 4.68. The third-order valence-corrected chi connectivity index (χ3v) is 5.57. The SMILES string of the molecule is CC(C)[C@H]1CN(C(=O)NC2C=NC(n3nccn3)=C(Cl)C2)c2cncc(Br)c2O1. The fourth-order valence-corrected chi connectivity index (χ4v) is 3.81. The molecule has 0 bridgehead atoms. The zero-order chi connectivity index (χ0) is 20.5. The number of aromatic nitrogens is 4. The van der Waals surface area contributed by atoms with Gasteiger partial charge in [-0.2, -0.15) is 10.2 Å². The average Bonchev–Trinajstić information content (AvgIpc) is 3.22. The summed E-state index contributed by atoms with van der Waals surface area (Å²) in [6, 6.07) is -0.611. The molecule has 0 fully saturated rings. The number of hydrogen-bond donors (Lipinski definition) is 1. The van der Waals surface area contributed by atoms with Crippen molar-refractivity contribution in [3.63, 3.8) is 0 Å². The number of nitrogens with zero attached hydrogens (tertiary/aromatic N) is 6. The lowest BCUT2D eigenvalue weighted by atomic mass is 10.0. The maximum Gasteiger partial charge on any atom is 0.322 e. The third kappa shape index (κ3) is 3.99. The Bertz CT molecular complexity index is 977. The number of halogens is 2. The molecule has 2 atom stereocenters. The first-order valence-electron chi connectivity index (χ1n) is 9.11. The van der Waals surface area contributed by atoms with Gasteiger partial charge in [0.05, 0.1) is 40.7 Å². The smallest absolute Gasteiger partial charge is 0.322 e. The Balaban J connectivity index is 1.52. The van der Waals surface area contributed by atoms with Gasteiger partial charge in [-0.05, 0) is 21.8 Å². The van der Waals surface area contributed by atoms with E-state index >= 15 is 0 Å². The summed E-state index contributed by atoms with van der Waals surface area (Å²) in [7, 11) is 0. The van der Waals surface area contributed by atoms with Crippen molar-refractivity contribution in [1.82, 2.24) is 25.3 Å². The second kappa shape index (κ2) is 8.11. The van der Waals surface area contributed by atoms with E-state index in [1.807, 2.05) is 0 Å². The van der Waals surface area contributed by atoms with Gasteiger partial charge in [0.1, 0.15) is 11.8 Å². The molecule has 2 aliphatic heterocycles. The maximum absolute atomic E-state index is 13.1. The van der Waals surface area contributed by atoms with E-state index in [0.29, 0.717) is 39.7 Å². The summed E-state index contributed by atoms with van der Waals surface area (Å²) in [6.45, 7) is 4.54. The molecule has 1 unspecified atom stereocenters. The van der Waals surface area contributed by atoms with E-state index in [0.717, 1.165) is 0 Å². The van der Waals surface area contributed by atoms with Crippen LogP contribution in [0.3, 0.4) is 0 Å². The molecule has 9 nitrogen and oxygen atoms in total. The highest BCUT2D eigenvalue weighted by Crippen LogP contribution is 2.39. The average molecular weight is 481 g/mol. The van der Waals surface area contributed by atoms with Crippen LogP contribution in [0.1, 0.15) is 20.3 Å². The molecule has 0 radical (unpaired) electrons. The number of carbonyl (C=O) groups is 1. The molecule has 4 heterocycles. The topological polar surface area (TPSA) is 97.5 Å². The number of aliphatic imine (C=N–C) groups is 1. The first-order valence-corrected chi connectivity index (χ1v) is 10.3. The first-order chi connectivity index (χ1) is 13.9. The molecule has 2 aromatic heterocycles. The molecular formula is C18H19BrClN7O2. The zero-order valence-electron chi connectivity index (χ0n) is 15.8. The van der Waals surface area contributed by atoms with Gasteiger partial charge in [0.15, 0.2) is 11.6 Å². The highest BCUT2D eigenvalue weighted by atomic mass is 79.9. The molecule has 152 valence electrons. The lowest BCUT2D eigenvalue weighted by Crippen LogP contribution is -2.52. The second-order valence-corrected chi connectivity index (χ2v) is 8.38. The van der Waals surface area contributed by atoms with Gasteiger partial charge in [-0.15, -0.1) is 4.80 Å². The predicted octanol–water partition coefficient (Wildman–Crippen LogP) is 3.28. The molecule has 2 amide bonds. The van der Waals surface area contributed by atoms with Crippen LogP contribution in [0.2, 0.25) is 0 Å².